The Balaban J connectivity index is 2.61. The van der Waals surface area contributed by atoms with Crippen LogP contribution in [-0.2, 0) is 0 Å². The van der Waals surface area contributed by atoms with Gasteiger partial charge in [-0.3, -0.25) is 9.80 Å². The van der Waals surface area contributed by atoms with Gasteiger partial charge in [0.15, 0.2) is 0 Å². The molecule has 1 heterocycles. The van der Waals surface area contributed by atoms with Crippen molar-refractivity contribution >= 4 is 0 Å². The van der Waals surface area contributed by atoms with Crippen LogP contribution in [-0.4, -0.2) is 72.6 Å². The lowest BCUT2D eigenvalue weighted by Crippen LogP contribution is -2.41. The molecule has 0 saturated carbocycles. The first-order chi connectivity index (χ1) is 8.04. The lowest BCUT2D eigenvalue weighted by atomic mass is 10.3. The fraction of sp³-hybridized carbons (Fsp3) is 1.00. The lowest BCUT2D eigenvalue weighted by Gasteiger charge is -2.30. The summed E-state index contributed by atoms with van der Waals surface area (Å²) in [7, 11) is 0. The van der Waals surface area contributed by atoms with Crippen LogP contribution in [0.25, 0.3) is 0 Å². The molecular weight excluding hydrogens is 210 g/mol. The molecule has 1 aliphatic heterocycles. The van der Waals surface area contributed by atoms with Crippen LogP contribution in [0.2, 0.25) is 0 Å². The number of nitrogens with zero attached hydrogens (tertiary/aromatic N) is 3. The van der Waals surface area contributed by atoms with Gasteiger partial charge in [-0.15, -0.1) is 0 Å². The molecule has 1 fully saturated rings. The molecule has 102 valence electrons. The standard InChI is InChI=1S/C14H31N3/c1-6-15-7-9-16(13(2)3)11-12-17(10-8-15)14(4)5/h13-14H,6-12H2,1-5H3. The van der Waals surface area contributed by atoms with E-state index in [9.17, 15) is 0 Å². The van der Waals surface area contributed by atoms with E-state index in [0.29, 0.717) is 12.1 Å². The van der Waals surface area contributed by atoms with Crippen LogP contribution in [0.5, 0.6) is 0 Å². The molecule has 0 amide bonds. The third kappa shape index (κ3) is 4.94. The van der Waals surface area contributed by atoms with Crippen molar-refractivity contribution in [2.75, 3.05) is 45.8 Å². The van der Waals surface area contributed by atoms with E-state index >= 15 is 0 Å². The first-order valence-electron chi connectivity index (χ1n) is 7.25. The van der Waals surface area contributed by atoms with Crippen molar-refractivity contribution < 1.29 is 0 Å². The second-order valence-electron chi connectivity index (χ2n) is 5.69. The molecule has 0 spiro atoms. The van der Waals surface area contributed by atoms with E-state index < -0.39 is 0 Å². The average molecular weight is 241 g/mol. The van der Waals surface area contributed by atoms with Crippen LogP contribution >= 0.6 is 0 Å². The zero-order valence-electron chi connectivity index (χ0n) is 12.4. The van der Waals surface area contributed by atoms with Crippen LogP contribution in [0.1, 0.15) is 34.6 Å². The summed E-state index contributed by atoms with van der Waals surface area (Å²) in [6.07, 6.45) is 0. The summed E-state index contributed by atoms with van der Waals surface area (Å²) in [5, 5.41) is 0. The first-order valence-corrected chi connectivity index (χ1v) is 7.25. The summed E-state index contributed by atoms with van der Waals surface area (Å²) >= 11 is 0. The summed E-state index contributed by atoms with van der Waals surface area (Å²) in [5.41, 5.74) is 0. The minimum atomic E-state index is 0.667. The van der Waals surface area contributed by atoms with E-state index in [-0.39, 0.29) is 0 Å². The van der Waals surface area contributed by atoms with Gasteiger partial charge in [-0.25, -0.2) is 0 Å². The van der Waals surface area contributed by atoms with E-state index in [0.717, 1.165) is 0 Å². The molecule has 17 heavy (non-hydrogen) atoms. The molecule has 1 rings (SSSR count). The van der Waals surface area contributed by atoms with E-state index in [1.165, 1.54) is 45.8 Å². The molecule has 0 aromatic carbocycles. The van der Waals surface area contributed by atoms with Gasteiger partial charge < -0.3 is 4.90 Å². The molecule has 0 atom stereocenters. The third-order valence-electron chi connectivity index (χ3n) is 3.99. The number of hydrogen-bond acceptors (Lipinski definition) is 3. The quantitative estimate of drug-likeness (QED) is 0.745. The van der Waals surface area contributed by atoms with E-state index in [2.05, 4.69) is 49.3 Å². The van der Waals surface area contributed by atoms with Gasteiger partial charge in [0, 0.05) is 51.4 Å². The Morgan fingerprint density at radius 2 is 1.06 bits per heavy atom. The Morgan fingerprint density at radius 1 is 0.706 bits per heavy atom. The largest absolute Gasteiger partial charge is 0.301 e. The Bertz CT molecular complexity index is 184. The van der Waals surface area contributed by atoms with Crippen LogP contribution in [0, 0.1) is 0 Å². The van der Waals surface area contributed by atoms with Crippen molar-refractivity contribution in [3.8, 4) is 0 Å². The summed E-state index contributed by atoms with van der Waals surface area (Å²) in [4.78, 5) is 7.81. The lowest BCUT2D eigenvalue weighted by molar-refractivity contribution is 0.169. The smallest absolute Gasteiger partial charge is 0.0113 e. The first kappa shape index (κ1) is 14.9. The second-order valence-corrected chi connectivity index (χ2v) is 5.69. The third-order valence-corrected chi connectivity index (χ3v) is 3.99. The van der Waals surface area contributed by atoms with Crippen molar-refractivity contribution in [3.63, 3.8) is 0 Å². The predicted octanol–water partition coefficient (Wildman–Crippen LogP) is 1.74. The SMILES string of the molecule is CCN1CCN(C(C)C)CCN(C(C)C)CC1. The molecule has 0 bridgehead atoms. The van der Waals surface area contributed by atoms with Crippen molar-refractivity contribution in [1.29, 1.82) is 0 Å². The van der Waals surface area contributed by atoms with Crippen molar-refractivity contribution in [2.45, 2.75) is 46.7 Å². The molecule has 1 saturated heterocycles. The van der Waals surface area contributed by atoms with Crippen LogP contribution in [0.3, 0.4) is 0 Å². The summed E-state index contributed by atoms with van der Waals surface area (Å²) in [6, 6.07) is 1.33. The van der Waals surface area contributed by atoms with E-state index in [4.69, 9.17) is 0 Å². The molecule has 3 nitrogen and oxygen atoms in total. The average Bonchev–Trinajstić information content (AvgIpc) is 2.37. The van der Waals surface area contributed by atoms with Gasteiger partial charge in [-0.05, 0) is 34.2 Å². The van der Waals surface area contributed by atoms with Gasteiger partial charge >= 0.3 is 0 Å². The van der Waals surface area contributed by atoms with Gasteiger partial charge in [0.25, 0.3) is 0 Å². The molecule has 0 aromatic rings. The molecule has 1 aliphatic rings. The van der Waals surface area contributed by atoms with Crippen molar-refractivity contribution in [3.05, 3.63) is 0 Å². The van der Waals surface area contributed by atoms with E-state index in [1.807, 2.05) is 0 Å². The maximum absolute atomic E-state index is 2.61. The molecule has 0 aromatic heterocycles. The maximum Gasteiger partial charge on any atom is 0.0113 e. The molecule has 0 aliphatic carbocycles. The molecule has 0 unspecified atom stereocenters. The van der Waals surface area contributed by atoms with Crippen molar-refractivity contribution in [2.24, 2.45) is 0 Å². The number of rotatable bonds is 3. The Kier molecular flexibility index (Phi) is 6.45. The summed E-state index contributed by atoms with van der Waals surface area (Å²) in [5.74, 6) is 0. The summed E-state index contributed by atoms with van der Waals surface area (Å²) < 4.78 is 0. The number of likely N-dealkylation sites (N-methyl/N-ethyl adjacent to an activating group) is 1. The van der Waals surface area contributed by atoms with Crippen LogP contribution in [0.15, 0.2) is 0 Å². The summed E-state index contributed by atoms with van der Waals surface area (Å²) in [6.45, 7) is 20.0. The normalized spacial score (nSPS) is 22.8. The van der Waals surface area contributed by atoms with Crippen LogP contribution in [0.4, 0.5) is 0 Å². The highest BCUT2D eigenvalue weighted by atomic mass is 15.3. The van der Waals surface area contributed by atoms with Crippen molar-refractivity contribution in [1.82, 2.24) is 14.7 Å². The Hall–Kier alpha value is -0.120. The van der Waals surface area contributed by atoms with Gasteiger partial charge in [-0.1, -0.05) is 6.92 Å². The topological polar surface area (TPSA) is 9.72 Å². The predicted molar refractivity (Wildman–Crippen MR) is 75.5 cm³/mol. The zero-order chi connectivity index (χ0) is 12.8. The molecule has 0 radical (unpaired) electrons. The molecule has 0 N–H and O–H groups in total. The highest BCUT2D eigenvalue weighted by molar-refractivity contribution is 4.74. The van der Waals surface area contributed by atoms with E-state index in [1.54, 1.807) is 0 Å². The zero-order valence-corrected chi connectivity index (χ0v) is 12.4. The fourth-order valence-corrected chi connectivity index (χ4v) is 2.48. The van der Waals surface area contributed by atoms with Gasteiger partial charge in [0.05, 0.1) is 0 Å². The minimum Gasteiger partial charge on any atom is -0.301 e. The highest BCUT2D eigenvalue weighted by Crippen LogP contribution is 2.06. The second kappa shape index (κ2) is 7.34. The number of hydrogen-bond donors (Lipinski definition) is 0. The van der Waals surface area contributed by atoms with Gasteiger partial charge in [-0.2, -0.15) is 0 Å². The fourth-order valence-electron chi connectivity index (χ4n) is 2.48. The Morgan fingerprint density at radius 3 is 1.35 bits per heavy atom. The monoisotopic (exact) mass is 241 g/mol. The highest BCUT2D eigenvalue weighted by Gasteiger charge is 2.18. The Labute approximate surface area is 108 Å². The maximum atomic E-state index is 2.61. The van der Waals surface area contributed by atoms with Gasteiger partial charge in [0.2, 0.25) is 0 Å². The van der Waals surface area contributed by atoms with Crippen LogP contribution < -0.4 is 0 Å². The van der Waals surface area contributed by atoms with Gasteiger partial charge in [0.1, 0.15) is 0 Å². The molecular formula is C14H31N3. The molecule has 3 heteroatoms. The minimum absolute atomic E-state index is 0.667.